The van der Waals surface area contributed by atoms with E-state index in [9.17, 15) is 18.0 Å². The quantitative estimate of drug-likeness (QED) is 0.818. The Balaban J connectivity index is 2.83. The van der Waals surface area contributed by atoms with Gasteiger partial charge in [-0.25, -0.2) is 4.79 Å². The number of fused-ring (bicyclic) bond motifs is 1. The summed E-state index contributed by atoms with van der Waals surface area (Å²) in [7, 11) is 0. The lowest BCUT2D eigenvalue weighted by Gasteiger charge is -2.04. The molecule has 1 aromatic heterocycles. The fourth-order valence-corrected chi connectivity index (χ4v) is 1.48. The van der Waals surface area contributed by atoms with Crippen molar-refractivity contribution in [2.24, 2.45) is 0 Å². The van der Waals surface area contributed by atoms with E-state index >= 15 is 0 Å². The highest BCUT2D eigenvalue weighted by atomic mass is 19.4. The third kappa shape index (κ3) is 1.52. The minimum atomic E-state index is -4.63. The zero-order chi connectivity index (χ0) is 11.9. The molecule has 0 saturated carbocycles. The van der Waals surface area contributed by atoms with Gasteiger partial charge in [-0.15, -0.1) is 0 Å². The number of carboxylic acids is 1. The summed E-state index contributed by atoms with van der Waals surface area (Å²) in [4.78, 5) is 10.8. The normalized spacial score (nSPS) is 11.9. The average molecular weight is 230 g/mol. The van der Waals surface area contributed by atoms with Gasteiger partial charge in [-0.2, -0.15) is 13.2 Å². The van der Waals surface area contributed by atoms with Crippen LogP contribution in [0.25, 0.3) is 11.0 Å². The number of alkyl halides is 3. The minimum Gasteiger partial charge on any atom is -0.478 e. The SMILES string of the molecule is O=C(O)c1cccc2occ(C(F)(F)F)c12. The van der Waals surface area contributed by atoms with Crippen LogP contribution in [0.15, 0.2) is 28.9 Å². The smallest absolute Gasteiger partial charge is 0.420 e. The number of aromatic carboxylic acids is 1. The van der Waals surface area contributed by atoms with Gasteiger partial charge >= 0.3 is 12.1 Å². The third-order valence-electron chi connectivity index (χ3n) is 2.14. The molecule has 0 fully saturated rings. The van der Waals surface area contributed by atoms with Crippen LogP contribution in [0.4, 0.5) is 13.2 Å². The maximum absolute atomic E-state index is 12.5. The van der Waals surface area contributed by atoms with Gasteiger partial charge in [-0.1, -0.05) is 6.07 Å². The van der Waals surface area contributed by atoms with E-state index in [4.69, 9.17) is 5.11 Å². The van der Waals surface area contributed by atoms with Crippen LogP contribution in [0, 0.1) is 0 Å². The van der Waals surface area contributed by atoms with E-state index in [0.29, 0.717) is 6.26 Å². The molecule has 1 N–H and O–H groups in total. The summed E-state index contributed by atoms with van der Waals surface area (Å²) in [6.45, 7) is 0. The summed E-state index contributed by atoms with van der Waals surface area (Å²) in [5.74, 6) is -1.42. The van der Waals surface area contributed by atoms with Gasteiger partial charge in [0.15, 0.2) is 0 Å². The van der Waals surface area contributed by atoms with Crippen molar-refractivity contribution in [1.29, 1.82) is 0 Å². The van der Waals surface area contributed by atoms with Crippen molar-refractivity contribution in [3.8, 4) is 0 Å². The second kappa shape index (κ2) is 3.26. The lowest BCUT2D eigenvalue weighted by atomic mass is 10.1. The molecule has 0 aliphatic carbocycles. The Kier molecular flexibility index (Phi) is 2.15. The fourth-order valence-electron chi connectivity index (χ4n) is 1.48. The molecule has 0 spiro atoms. The standard InChI is InChI=1S/C10H5F3O3/c11-10(12,13)6-4-16-7-3-1-2-5(8(6)7)9(14)15/h1-4H,(H,14,15). The highest BCUT2D eigenvalue weighted by molar-refractivity contribution is 6.03. The molecule has 2 aromatic rings. The number of rotatable bonds is 1. The van der Waals surface area contributed by atoms with Gasteiger partial charge in [-0.3, -0.25) is 0 Å². The van der Waals surface area contributed by atoms with Gasteiger partial charge in [0.2, 0.25) is 0 Å². The fraction of sp³-hybridized carbons (Fsp3) is 0.100. The average Bonchev–Trinajstić information content (AvgIpc) is 2.59. The summed E-state index contributed by atoms with van der Waals surface area (Å²) < 4.78 is 42.3. The minimum absolute atomic E-state index is 0.0905. The maximum Gasteiger partial charge on any atom is 0.420 e. The van der Waals surface area contributed by atoms with Crippen molar-refractivity contribution in [3.63, 3.8) is 0 Å². The van der Waals surface area contributed by atoms with Crippen LogP contribution >= 0.6 is 0 Å². The van der Waals surface area contributed by atoms with Crippen LogP contribution in [0.1, 0.15) is 15.9 Å². The zero-order valence-electron chi connectivity index (χ0n) is 7.71. The molecule has 1 heterocycles. The Morgan fingerprint density at radius 3 is 2.56 bits per heavy atom. The Bertz CT molecular complexity index is 554. The predicted octanol–water partition coefficient (Wildman–Crippen LogP) is 3.15. The van der Waals surface area contributed by atoms with Crippen molar-refractivity contribution in [2.45, 2.75) is 6.18 Å². The number of hydrogen-bond donors (Lipinski definition) is 1. The number of carbonyl (C=O) groups is 1. The van der Waals surface area contributed by atoms with Gasteiger partial charge in [0.05, 0.1) is 5.56 Å². The van der Waals surface area contributed by atoms with Gasteiger partial charge in [0.1, 0.15) is 17.4 Å². The number of carboxylic acid groups (broad SMARTS) is 1. The van der Waals surface area contributed by atoms with Crippen LogP contribution in [0.2, 0.25) is 0 Å². The van der Waals surface area contributed by atoms with E-state index in [-0.39, 0.29) is 5.58 Å². The van der Waals surface area contributed by atoms with E-state index in [1.165, 1.54) is 12.1 Å². The van der Waals surface area contributed by atoms with Crippen LogP contribution in [0.3, 0.4) is 0 Å². The first-order valence-corrected chi connectivity index (χ1v) is 4.22. The molecule has 16 heavy (non-hydrogen) atoms. The van der Waals surface area contributed by atoms with E-state index < -0.39 is 28.7 Å². The first-order valence-electron chi connectivity index (χ1n) is 4.22. The molecule has 0 radical (unpaired) electrons. The summed E-state index contributed by atoms with van der Waals surface area (Å²) >= 11 is 0. The number of benzene rings is 1. The second-order valence-electron chi connectivity index (χ2n) is 3.13. The van der Waals surface area contributed by atoms with Crippen molar-refractivity contribution in [1.82, 2.24) is 0 Å². The molecule has 6 heteroatoms. The topological polar surface area (TPSA) is 50.4 Å². The maximum atomic E-state index is 12.5. The summed E-state index contributed by atoms with van der Waals surface area (Å²) in [5, 5.41) is 8.37. The largest absolute Gasteiger partial charge is 0.478 e. The van der Waals surface area contributed by atoms with Gasteiger partial charge in [0.25, 0.3) is 0 Å². The molecule has 2 rings (SSSR count). The molecular formula is C10H5F3O3. The van der Waals surface area contributed by atoms with Gasteiger partial charge in [0, 0.05) is 5.39 Å². The third-order valence-corrected chi connectivity index (χ3v) is 2.14. The van der Waals surface area contributed by atoms with Gasteiger partial charge < -0.3 is 9.52 Å². The van der Waals surface area contributed by atoms with E-state index in [0.717, 1.165) is 6.07 Å². The van der Waals surface area contributed by atoms with E-state index in [2.05, 4.69) is 4.42 Å². The highest BCUT2D eigenvalue weighted by Crippen LogP contribution is 2.37. The molecule has 0 unspecified atom stereocenters. The lowest BCUT2D eigenvalue weighted by Crippen LogP contribution is -2.06. The molecule has 0 aliphatic rings. The Labute approximate surface area is 87.1 Å². The number of furan rings is 1. The van der Waals surface area contributed by atoms with Crippen molar-refractivity contribution < 1.29 is 27.5 Å². The molecule has 0 amide bonds. The Morgan fingerprint density at radius 1 is 1.31 bits per heavy atom. The van der Waals surface area contributed by atoms with E-state index in [1.807, 2.05) is 0 Å². The van der Waals surface area contributed by atoms with E-state index in [1.54, 1.807) is 0 Å². The summed E-state index contributed by atoms with van der Waals surface area (Å²) in [5.41, 5.74) is -1.58. The molecule has 0 saturated heterocycles. The Hall–Kier alpha value is -1.98. The molecule has 0 aliphatic heterocycles. The highest BCUT2D eigenvalue weighted by Gasteiger charge is 2.36. The van der Waals surface area contributed by atoms with Crippen LogP contribution < -0.4 is 0 Å². The monoisotopic (exact) mass is 230 g/mol. The first-order chi connectivity index (χ1) is 7.41. The van der Waals surface area contributed by atoms with Crippen molar-refractivity contribution in [3.05, 3.63) is 35.6 Å². The predicted molar refractivity (Wildman–Crippen MR) is 48.2 cm³/mol. The first kappa shape index (κ1) is 10.5. The summed E-state index contributed by atoms with van der Waals surface area (Å²) in [6.07, 6.45) is -4.10. The van der Waals surface area contributed by atoms with Crippen LogP contribution in [-0.2, 0) is 6.18 Å². The molecule has 0 atom stereocenters. The molecule has 1 aromatic carbocycles. The second-order valence-corrected chi connectivity index (χ2v) is 3.13. The van der Waals surface area contributed by atoms with Crippen LogP contribution in [-0.4, -0.2) is 11.1 Å². The number of hydrogen-bond acceptors (Lipinski definition) is 2. The summed E-state index contributed by atoms with van der Waals surface area (Å²) in [6, 6.07) is 3.72. The molecule has 84 valence electrons. The lowest BCUT2D eigenvalue weighted by molar-refractivity contribution is -0.136. The zero-order valence-corrected chi connectivity index (χ0v) is 7.71. The molecular weight excluding hydrogens is 225 g/mol. The number of halogens is 3. The molecule has 0 bridgehead atoms. The van der Waals surface area contributed by atoms with Crippen LogP contribution in [0.5, 0.6) is 0 Å². The molecule has 3 nitrogen and oxygen atoms in total. The Morgan fingerprint density at radius 2 is 2.00 bits per heavy atom. The van der Waals surface area contributed by atoms with Crippen molar-refractivity contribution >= 4 is 16.9 Å². The van der Waals surface area contributed by atoms with Crippen molar-refractivity contribution in [2.75, 3.05) is 0 Å². The van der Waals surface area contributed by atoms with Gasteiger partial charge in [-0.05, 0) is 12.1 Å².